The number of aryl methyl sites for hydroxylation is 1. The minimum absolute atomic E-state index is 0.0495. The lowest BCUT2D eigenvalue weighted by atomic mass is 10.2. The summed E-state index contributed by atoms with van der Waals surface area (Å²) < 4.78 is 1.74. The fourth-order valence-electron chi connectivity index (χ4n) is 3.01. The Morgan fingerprint density at radius 2 is 1.68 bits per heavy atom. The van der Waals surface area contributed by atoms with Crippen LogP contribution in [0.4, 0.5) is 0 Å². The summed E-state index contributed by atoms with van der Waals surface area (Å²) in [6, 6.07) is 17.2. The topological polar surface area (TPSA) is 67.8 Å². The summed E-state index contributed by atoms with van der Waals surface area (Å²) in [6.07, 6.45) is 0. The maximum atomic E-state index is 12.9. The molecule has 0 aliphatic carbocycles. The number of aromatic amines is 1. The van der Waals surface area contributed by atoms with Crippen molar-refractivity contribution in [3.63, 3.8) is 0 Å². The van der Waals surface area contributed by atoms with Crippen LogP contribution in [0.25, 0.3) is 21.8 Å². The maximum Gasteiger partial charge on any atom is 0.251 e. The molecule has 124 valence electrons. The van der Waals surface area contributed by atoms with E-state index in [1.807, 2.05) is 48.5 Å². The smallest absolute Gasteiger partial charge is 0.251 e. The Bertz CT molecular complexity index is 1110. The molecule has 0 aliphatic heterocycles. The van der Waals surface area contributed by atoms with Gasteiger partial charge >= 0.3 is 0 Å². The number of rotatable bonds is 3. The van der Waals surface area contributed by atoms with Crippen LogP contribution in [0.5, 0.6) is 0 Å². The third kappa shape index (κ3) is 2.85. The van der Waals surface area contributed by atoms with Gasteiger partial charge in [-0.15, -0.1) is 0 Å². The van der Waals surface area contributed by atoms with E-state index in [0.29, 0.717) is 10.9 Å². The molecular formula is C19H15N3O2S. The van der Waals surface area contributed by atoms with Crippen LogP contribution < -0.4 is 5.56 Å². The highest BCUT2D eigenvalue weighted by Gasteiger charge is 2.16. The molecule has 0 saturated carbocycles. The molecule has 1 N–H and O–H groups in total. The van der Waals surface area contributed by atoms with Crippen molar-refractivity contribution in [2.75, 3.05) is 5.75 Å². The number of nitrogens with zero attached hydrogens (tertiary/aromatic N) is 2. The van der Waals surface area contributed by atoms with E-state index in [0.717, 1.165) is 21.8 Å². The number of carbonyl (C=O) groups is 1. The molecule has 0 radical (unpaired) electrons. The van der Waals surface area contributed by atoms with Crippen LogP contribution in [0.15, 0.2) is 64.5 Å². The molecule has 0 amide bonds. The molecule has 4 aromatic rings. The van der Waals surface area contributed by atoms with Gasteiger partial charge in [-0.2, -0.15) is 0 Å². The molecule has 2 aromatic carbocycles. The molecule has 6 heteroatoms. The van der Waals surface area contributed by atoms with Crippen molar-refractivity contribution < 1.29 is 4.79 Å². The van der Waals surface area contributed by atoms with E-state index in [2.05, 4.69) is 9.97 Å². The number of carbonyl (C=O) groups excluding carboxylic acids is 1. The van der Waals surface area contributed by atoms with Crippen molar-refractivity contribution in [2.24, 2.45) is 0 Å². The van der Waals surface area contributed by atoms with E-state index < -0.39 is 0 Å². The number of H-pyrrole nitrogens is 1. The highest BCUT2D eigenvalue weighted by Crippen LogP contribution is 2.29. The lowest BCUT2D eigenvalue weighted by molar-refractivity contribution is 0.0951. The number of hydrogen-bond donors (Lipinski definition) is 1. The molecule has 2 heterocycles. The molecule has 0 saturated heterocycles. The Balaban J connectivity index is 1.73. The monoisotopic (exact) mass is 349 g/mol. The second-order valence-electron chi connectivity index (χ2n) is 5.74. The number of benzene rings is 2. The second kappa shape index (κ2) is 6.22. The Labute approximate surface area is 147 Å². The van der Waals surface area contributed by atoms with Gasteiger partial charge in [0.15, 0.2) is 5.16 Å². The highest BCUT2D eigenvalue weighted by molar-refractivity contribution is 7.99. The van der Waals surface area contributed by atoms with Crippen molar-refractivity contribution in [1.29, 1.82) is 0 Å². The molecule has 2 aromatic heterocycles. The van der Waals surface area contributed by atoms with Gasteiger partial charge in [-0.3, -0.25) is 14.2 Å². The molecule has 0 unspecified atom stereocenters. The minimum Gasteiger partial charge on any atom is -0.301 e. The van der Waals surface area contributed by atoms with Crippen molar-refractivity contribution in [3.05, 3.63) is 70.6 Å². The standard InChI is InChI=1S/C19H15N3O2S/c1-12-10-17(23)21-19(20-12)25-11-18(24)22-15-8-4-2-6-13(15)14-7-3-5-9-16(14)22/h2-10H,11H2,1H3,(H,20,21,23). The van der Waals surface area contributed by atoms with Gasteiger partial charge < -0.3 is 4.98 Å². The first kappa shape index (κ1) is 15.7. The molecule has 0 aliphatic rings. The van der Waals surface area contributed by atoms with Crippen LogP contribution in [0.1, 0.15) is 10.5 Å². The summed E-state index contributed by atoms with van der Waals surface area (Å²) in [5.41, 5.74) is 2.20. The van der Waals surface area contributed by atoms with Gasteiger partial charge in [0.1, 0.15) is 0 Å². The molecule has 0 bridgehead atoms. The van der Waals surface area contributed by atoms with Crippen molar-refractivity contribution in [3.8, 4) is 0 Å². The molecular weight excluding hydrogens is 334 g/mol. The number of thioether (sulfide) groups is 1. The minimum atomic E-state index is -0.209. The molecule has 0 atom stereocenters. The van der Waals surface area contributed by atoms with Gasteiger partial charge in [-0.05, 0) is 19.1 Å². The summed E-state index contributed by atoms with van der Waals surface area (Å²) >= 11 is 1.24. The summed E-state index contributed by atoms with van der Waals surface area (Å²) in [6.45, 7) is 1.76. The first-order chi connectivity index (χ1) is 12.1. The Hall–Kier alpha value is -2.86. The van der Waals surface area contributed by atoms with Crippen molar-refractivity contribution >= 4 is 39.5 Å². The third-order valence-corrected chi connectivity index (χ3v) is 4.87. The molecule has 0 spiro atoms. The van der Waals surface area contributed by atoms with Crippen LogP contribution >= 0.6 is 11.8 Å². The van der Waals surface area contributed by atoms with Gasteiger partial charge in [0.25, 0.3) is 5.56 Å². The fourth-order valence-corrected chi connectivity index (χ4v) is 3.78. The van der Waals surface area contributed by atoms with E-state index in [-0.39, 0.29) is 17.2 Å². The predicted molar refractivity (Wildman–Crippen MR) is 100 cm³/mol. The first-order valence-electron chi connectivity index (χ1n) is 7.85. The predicted octanol–water partition coefficient (Wildman–Crippen LogP) is 3.62. The Morgan fingerprint density at radius 1 is 1.08 bits per heavy atom. The maximum absolute atomic E-state index is 12.9. The average molecular weight is 349 g/mol. The summed E-state index contributed by atoms with van der Waals surface area (Å²) in [5, 5.41) is 2.57. The van der Waals surface area contributed by atoms with Crippen LogP contribution in [0, 0.1) is 6.92 Å². The molecule has 4 rings (SSSR count). The van der Waals surface area contributed by atoms with E-state index in [9.17, 15) is 9.59 Å². The number of nitrogens with one attached hydrogen (secondary N) is 1. The van der Waals surface area contributed by atoms with Crippen molar-refractivity contribution in [1.82, 2.24) is 14.5 Å². The van der Waals surface area contributed by atoms with E-state index in [1.165, 1.54) is 17.8 Å². The number of para-hydroxylation sites is 2. The van der Waals surface area contributed by atoms with Gasteiger partial charge in [-0.1, -0.05) is 48.2 Å². The summed E-state index contributed by atoms with van der Waals surface area (Å²) in [7, 11) is 0. The average Bonchev–Trinajstić information content (AvgIpc) is 2.93. The first-order valence-corrected chi connectivity index (χ1v) is 8.84. The van der Waals surface area contributed by atoms with Crippen LogP contribution in [0.2, 0.25) is 0 Å². The molecule has 0 fully saturated rings. The van der Waals surface area contributed by atoms with Gasteiger partial charge in [0.05, 0.1) is 16.8 Å². The zero-order valence-corrected chi connectivity index (χ0v) is 14.3. The van der Waals surface area contributed by atoms with E-state index in [4.69, 9.17) is 0 Å². The normalized spacial score (nSPS) is 11.2. The van der Waals surface area contributed by atoms with E-state index >= 15 is 0 Å². The molecule has 25 heavy (non-hydrogen) atoms. The van der Waals surface area contributed by atoms with Gasteiger partial charge in [0.2, 0.25) is 5.91 Å². The van der Waals surface area contributed by atoms with Crippen LogP contribution in [0.3, 0.4) is 0 Å². The SMILES string of the molecule is Cc1cc(=O)[nH]c(SCC(=O)n2c3ccccc3c3ccccc32)n1. The van der Waals surface area contributed by atoms with Crippen molar-refractivity contribution in [2.45, 2.75) is 12.1 Å². The second-order valence-corrected chi connectivity index (χ2v) is 6.71. The Morgan fingerprint density at radius 3 is 2.28 bits per heavy atom. The number of hydrogen-bond acceptors (Lipinski definition) is 4. The zero-order chi connectivity index (χ0) is 17.4. The fraction of sp³-hybridized carbons (Fsp3) is 0.105. The quantitative estimate of drug-likeness (QED) is 0.453. The Kier molecular flexibility index (Phi) is 3.89. The summed E-state index contributed by atoms with van der Waals surface area (Å²) in [5.74, 6) is 0.140. The van der Waals surface area contributed by atoms with Crippen LogP contribution in [-0.2, 0) is 0 Å². The van der Waals surface area contributed by atoms with Gasteiger partial charge in [-0.25, -0.2) is 4.98 Å². The number of fused-ring (bicyclic) bond motifs is 3. The van der Waals surface area contributed by atoms with Gasteiger partial charge in [0, 0.05) is 22.5 Å². The largest absolute Gasteiger partial charge is 0.301 e. The molecule has 5 nitrogen and oxygen atoms in total. The van der Waals surface area contributed by atoms with E-state index in [1.54, 1.807) is 11.5 Å². The lowest BCUT2D eigenvalue weighted by Crippen LogP contribution is -2.14. The highest BCUT2D eigenvalue weighted by atomic mass is 32.2. The third-order valence-electron chi connectivity index (χ3n) is 4.01. The summed E-state index contributed by atoms with van der Waals surface area (Å²) in [4.78, 5) is 31.4. The lowest BCUT2D eigenvalue weighted by Gasteiger charge is -2.06. The number of aromatic nitrogens is 3. The van der Waals surface area contributed by atoms with Crippen LogP contribution in [-0.4, -0.2) is 26.2 Å². The zero-order valence-electron chi connectivity index (χ0n) is 13.5.